The number of hydrogen-bond acceptors (Lipinski definition) is 5. The Morgan fingerprint density at radius 1 is 1.24 bits per heavy atom. The average Bonchev–Trinajstić information content (AvgIpc) is 2.66. The van der Waals surface area contributed by atoms with Crippen molar-refractivity contribution in [3.8, 4) is 23.1 Å². The van der Waals surface area contributed by atoms with Crippen molar-refractivity contribution in [3.63, 3.8) is 0 Å². The van der Waals surface area contributed by atoms with Crippen molar-refractivity contribution in [1.82, 2.24) is 9.97 Å². The first-order valence-electron chi connectivity index (χ1n) is 8.34. The van der Waals surface area contributed by atoms with Gasteiger partial charge in [-0.2, -0.15) is 10.2 Å². The summed E-state index contributed by atoms with van der Waals surface area (Å²) in [6.45, 7) is 3.54. The molecule has 0 spiro atoms. The molecular weight excluding hydrogens is 314 g/mol. The minimum absolute atomic E-state index is 0.343. The van der Waals surface area contributed by atoms with Gasteiger partial charge in [-0.15, -0.1) is 0 Å². The molecule has 1 aliphatic heterocycles. The molecule has 5 heteroatoms. The highest BCUT2D eigenvalue weighted by Crippen LogP contribution is 2.36. The van der Waals surface area contributed by atoms with Crippen LogP contribution in [-0.4, -0.2) is 23.2 Å². The highest BCUT2D eigenvalue weighted by Gasteiger charge is 2.21. The molecule has 25 heavy (non-hydrogen) atoms. The quantitative estimate of drug-likeness (QED) is 0.733. The van der Waals surface area contributed by atoms with Crippen LogP contribution >= 0.6 is 0 Å². The van der Waals surface area contributed by atoms with Crippen LogP contribution in [0.1, 0.15) is 23.7 Å². The summed E-state index contributed by atoms with van der Waals surface area (Å²) in [5, 5.41) is 10.6. The van der Waals surface area contributed by atoms with Gasteiger partial charge in [0.05, 0.1) is 25.5 Å². The first-order chi connectivity index (χ1) is 12.3. The Labute approximate surface area is 145 Å². The molecule has 0 amide bonds. The van der Waals surface area contributed by atoms with E-state index in [9.17, 15) is 5.26 Å². The van der Waals surface area contributed by atoms with Crippen molar-refractivity contribution in [2.24, 2.45) is 0 Å². The maximum Gasteiger partial charge on any atom is 0.234 e. The van der Waals surface area contributed by atoms with E-state index in [1.165, 1.54) is 0 Å². The molecule has 0 saturated carbocycles. The van der Waals surface area contributed by atoms with Gasteiger partial charge in [0.15, 0.2) is 5.65 Å². The number of hydrogen-bond donors (Lipinski definition) is 0. The molecule has 0 bridgehead atoms. The molecular formula is C20H17N3O2. The first kappa shape index (κ1) is 15.6. The average molecular weight is 331 g/mol. The predicted molar refractivity (Wildman–Crippen MR) is 94.2 cm³/mol. The molecule has 0 radical (unpaired) electrons. The van der Waals surface area contributed by atoms with E-state index in [1.54, 1.807) is 0 Å². The van der Waals surface area contributed by atoms with E-state index >= 15 is 0 Å². The summed E-state index contributed by atoms with van der Waals surface area (Å²) < 4.78 is 11.2. The summed E-state index contributed by atoms with van der Waals surface area (Å²) in [4.78, 5) is 9.27. The Kier molecular flexibility index (Phi) is 4.04. The summed E-state index contributed by atoms with van der Waals surface area (Å²) in [6, 6.07) is 14.2. The SMILES string of the molecule is CCOc1nc2nc3c(cc2c(-c2ccccc2)c1C#N)COCC3. The lowest BCUT2D eigenvalue weighted by Gasteiger charge is -2.18. The lowest BCUT2D eigenvalue weighted by Crippen LogP contribution is -2.12. The minimum atomic E-state index is 0.343. The Balaban J connectivity index is 2.08. The summed E-state index contributed by atoms with van der Waals surface area (Å²) in [6.07, 6.45) is 0.775. The van der Waals surface area contributed by atoms with Gasteiger partial charge in [-0.1, -0.05) is 30.3 Å². The molecule has 5 nitrogen and oxygen atoms in total. The summed E-state index contributed by atoms with van der Waals surface area (Å²) in [5.41, 5.74) is 4.90. The zero-order chi connectivity index (χ0) is 17.2. The number of nitrogens with zero attached hydrogens (tertiary/aromatic N) is 3. The second kappa shape index (κ2) is 6.50. The maximum absolute atomic E-state index is 9.77. The van der Waals surface area contributed by atoms with Crippen LogP contribution in [0, 0.1) is 11.3 Å². The van der Waals surface area contributed by atoms with E-state index in [0.717, 1.165) is 34.2 Å². The first-order valence-corrected chi connectivity index (χ1v) is 8.34. The molecule has 124 valence electrons. The molecule has 0 fully saturated rings. The van der Waals surface area contributed by atoms with Crippen LogP contribution < -0.4 is 4.74 Å². The van der Waals surface area contributed by atoms with Crippen LogP contribution in [0.4, 0.5) is 0 Å². The summed E-state index contributed by atoms with van der Waals surface area (Å²) in [5.74, 6) is 0.343. The van der Waals surface area contributed by atoms with Gasteiger partial charge in [-0.25, -0.2) is 4.98 Å². The van der Waals surface area contributed by atoms with Crippen LogP contribution in [0.3, 0.4) is 0 Å². The Morgan fingerprint density at radius 2 is 2.08 bits per heavy atom. The summed E-state index contributed by atoms with van der Waals surface area (Å²) in [7, 11) is 0. The predicted octanol–water partition coefficient (Wildman–Crippen LogP) is 3.64. The fourth-order valence-corrected chi connectivity index (χ4v) is 3.19. The third-order valence-electron chi connectivity index (χ3n) is 4.31. The monoisotopic (exact) mass is 331 g/mol. The molecule has 0 atom stereocenters. The van der Waals surface area contributed by atoms with Crippen molar-refractivity contribution in [2.75, 3.05) is 13.2 Å². The van der Waals surface area contributed by atoms with Gasteiger partial charge >= 0.3 is 0 Å². The lowest BCUT2D eigenvalue weighted by molar-refractivity contribution is 0.109. The molecule has 2 aromatic heterocycles. The topological polar surface area (TPSA) is 68.0 Å². The number of pyridine rings is 2. The second-order valence-corrected chi connectivity index (χ2v) is 5.85. The third-order valence-corrected chi connectivity index (χ3v) is 4.31. The van der Waals surface area contributed by atoms with Gasteiger partial charge < -0.3 is 9.47 Å². The van der Waals surface area contributed by atoms with Gasteiger partial charge in [0.2, 0.25) is 5.88 Å². The van der Waals surface area contributed by atoms with E-state index in [1.807, 2.05) is 37.3 Å². The zero-order valence-electron chi connectivity index (χ0n) is 14.0. The van der Waals surface area contributed by atoms with Gasteiger partial charge in [0.25, 0.3) is 0 Å². The number of benzene rings is 1. The Bertz CT molecular complexity index is 978. The zero-order valence-corrected chi connectivity index (χ0v) is 14.0. The van der Waals surface area contributed by atoms with Gasteiger partial charge in [0.1, 0.15) is 11.6 Å². The largest absolute Gasteiger partial charge is 0.477 e. The third kappa shape index (κ3) is 2.71. The summed E-state index contributed by atoms with van der Waals surface area (Å²) >= 11 is 0. The molecule has 0 aliphatic carbocycles. The Hall–Kier alpha value is -2.97. The van der Waals surface area contributed by atoms with Crippen molar-refractivity contribution >= 4 is 11.0 Å². The molecule has 0 unspecified atom stereocenters. The molecule has 0 saturated heterocycles. The molecule has 1 aliphatic rings. The van der Waals surface area contributed by atoms with Crippen molar-refractivity contribution in [2.45, 2.75) is 20.0 Å². The molecule has 1 aromatic carbocycles. The number of nitriles is 1. The van der Waals surface area contributed by atoms with Gasteiger partial charge in [-0.05, 0) is 18.6 Å². The van der Waals surface area contributed by atoms with E-state index in [-0.39, 0.29) is 0 Å². The molecule has 0 N–H and O–H groups in total. The highest BCUT2D eigenvalue weighted by molar-refractivity contribution is 5.97. The van der Waals surface area contributed by atoms with Gasteiger partial charge in [0, 0.05) is 22.9 Å². The number of ether oxygens (including phenoxy) is 2. The standard InChI is InChI=1S/C20H17N3O2/c1-2-25-20-16(11-21)18(13-6-4-3-5-7-13)15-10-14-12-24-9-8-17(14)22-19(15)23-20/h3-7,10H,2,8-9,12H2,1H3. The smallest absolute Gasteiger partial charge is 0.234 e. The fraction of sp³-hybridized carbons (Fsp3) is 0.250. The molecule has 3 aromatic rings. The second-order valence-electron chi connectivity index (χ2n) is 5.85. The van der Waals surface area contributed by atoms with E-state index in [0.29, 0.717) is 36.9 Å². The van der Waals surface area contributed by atoms with E-state index < -0.39 is 0 Å². The normalized spacial score (nSPS) is 13.3. The fourth-order valence-electron chi connectivity index (χ4n) is 3.19. The van der Waals surface area contributed by atoms with Gasteiger partial charge in [-0.3, -0.25) is 0 Å². The van der Waals surface area contributed by atoms with Crippen LogP contribution in [0.25, 0.3) is 22.2 Å². The van der Waals surface area contributed by atoms with Crippen molar-refractivity contribution in [1.29, 1.82) is 5.26 Å². The molecule has 4 rings (SSSR count). The number of rotatable bonds is 3. The van der Waals surface area contributed by atoms with Crippen LogP contribution in [0.2, 0.25) is 0 Å². The van der Waals surface area contributed by atoms with E-state index in [4.69, 9.17) is 14.5 Å². The Morgan fingerprint density at radius 3 is 2.84 bits per heavy atom. The number of fused-ring (bicyclic) bond motifs is 2. The minimum Gasteiger partial charge on any atom is -0.477 e. The van der Waals surface area contributed by atoms with Crippen LogP contribution in [-0.2, 0) is 17.8 Å². The van der Waals surface area contributed by atoms with E-state index in [2.05, 4.69) is 17.1 Å². The number of aromatic nitrogens is 2. The van der Waals surface area contributed by atoms with Crippen LogP contribution in [0.15, 0.2) is 36.4 Å². The maximum atomic E-state index is 9.77. The lowest BCUT2D eigenvalue weighted by atomic mass is 9.96. The van der Waals surface area contributed by atoms with Crippen molar-refractivity contribution < 1.29 is 9.47 Å². The van der Waals surface area contributed by atoms with Crippen molar-refractivity contribution in [3.05, 3.63) is 53.2 Å². The highest BCUT2D eigenvalue weighted by atomic mass is 16.5. The van der Waals surface area contributed by atoms with Crippen LogP contribution in [0.5, 0.6) is 5.88 Å². The molecule has 3 heterocycles.